The molecule has 1 spiro atoms. The molecule has 0 unspecified atom stereocenters. The van der Waals surface area contributed by atoms with Crippen LogP contribution in [0.15, 0.2) is 71.6 Å². The average molecular weight is 782 g/mol. The predicted octanol–water partition coefficient (Wildman–Crippen LogP) is 7.35. The van der Waals surface area contributed by atoms with E-state index in [0.29, 0.717) is 43.2 Å². The van der Waals surface area contributed by atoms with Gasteiger partial charge in [0, 0.05) is 67.8 Å². The van der Waals surface area contributed by atoms with Gasteiger partial charge in [0.2, 0.25) is 0 Å². The van der Waals surface area contributed by atoms with E-state index in [2.05, 4.69) is 58.0 Å². The summed E-state index contributed by atoms with van der Waals surface area (Å²) >= 11 is 0. The monoisotopic (exact) mass is 781 g/mol. The van der Waals surface area contributed by atoms with Crippen LogP contribution in [0.3, 0.4) is 0 Å². The molecule has 14 heteroatoms. The molecule has 3 heterocycles. The quantitative estimate of drug-likeness (QED) is 0.142. The van der Waals surface area contributed by atoms with Crippen molar-refractivity contribution >= 4 is 45.4 Å². The van der Waals surface area contributed by atoms with Crippen molar-refractivity contribution in [3.63, 3.8) is 0 Å². The highest BCUT2D eigenvalue weighted by atomic mass is 35.5. The number of nitrogens with one attached hydrogen (secondary N) is 2. The second kappa shape index (κ2) is 16.8. The maximum Gasteiger partial charge on any atom is 0.293 e. The molecule has 0 bridgehead atoms. The number of sulfonamides is 1. The number of benzene rings is 3. The minimum Gasteiger partial charge on any atom is -0.491 e. The van der Waals surface area contributed by atoms with Crippen LogP contribution in [0, 0.1) is 21.4 Å². The second-order valence-electron chi connectivity index (χ2n) is 15.5. The number of hydrogen-bond donors (Lipinski definition) is 2. The van der Waals surface area contributed by atoms with Crippen LogP contribution in [0.1, 0.15) is 87.2 Å². The Bertz CT molecular complexity index is 1890. The van der Waals surface area contributed by atoms with Crippen molar-refractivity contribution in [2.75, 3.05) is 49.6 Å². The standard InChI is InChI=1S/C40H51N5O7S.ClH/c1-28(2)52-38-8-4-3-6-34(38)36-7-5-19-44(36)32-25-40(26-32)17-20-43(21-18-40)31-11-9-30(10-12-31)39(46)42-53(49,50)33-13-14-35(37(24-33)45(47)48)41-27-29-15-22-51-23-16-29;/h3-4,6,8-14,24,28-29,32,36,41H,5,7,15-23,25-27H2,1-2H3,(H,42,46);1H/t36-;/m0./s1. The molecule has 0 aromatic heterocycles. The van der Waals surface area contributed by atoms with Gasteiger partial charge in [-0.15, -0.1) is 12.4 Å². The number of halogens is 1. The fraction of sp³-hybridized carbons (Fsp3) is 0.525. The maximum atomic E-state index is 13.2. The molecule has 3 aromatic carbocycles. The van der Waals surface area contributed by atoms with Crippen molar-refractivity contribution in [3.05, 3.63) is 88.0 Å². The number of carbonyl (C=O) groups is 1. The number of likely N-dealkylation sites (tertiary alicyclic amines) is 1. The first-order valence-corrected chi connectivity index (χ1v) is 20.5. The Balaban J connectivity index is 0.00000497. The van der Waals surface area contributed by atoms with Crippen molar-refractivity contribution in [2.24, 2.45) is 11.3 Å². The lowest BCUT2D eigenvalue weighted by atomic mass is 9.60. The Morgan fingerprint density at radius 1 is 1.00 bits per heavy atom. The van der Waals surface area contributed by atoms with E-state index in [9.17, 15) is 23.3 Å². The molecule has 1 amide bonds. The van der Waals surface area contributed by atoms with Crippen LogP contribution in [0.25, 0.3) is 0 Å². The maximum absolute atomic E-state index is 13.2. The number of hydrogen-bond acceptors (Lipinski definition) is 10. The number of rotatable bonds is 12. The minimum atomic E-state index is -4.36. The zero-order chi connectivity index (χ0) is 37.2. The lowest BCUT2D eigenvalue weighted by Crippen LogP contribution is -2.54. The van der Waals surface area contributed by atoms with E-state index in [1.807, 2.05) is 12.1 Å². The third kappa shape index (κ3) is 8.80. The molecule has 1 aliphatic carbocycles. The van der Waals surface area contributed by atoms with Crippen LogP contribution in [0.5, 0.6) is 5.75 Å². The molecule has 7 rings (SSSR count). The molecule has 2 N–H and O–H groups in total. The zero-order valence-electron chi connectivity index (χ0n) is 31.1. The molecule has 3 saturated heterocycles. The lowest BCUT2D eigenvalue weighted by molar-refractivity contribution is -0.384. The van der Waals surface area contributed by atoms with E-state index < -0.39 is 20.9 Å². The Hall–Kier alpha value is -3.91. The van der Waals surface area contributed by atoms with Gasteiger partial charge in [0.25, 0.3) is 21.6 Å². The van der Waals surface area contributed by atoms with Crippen LogP contribution >= 0.6 is 12.4 Å². The highest BCUT2D eigenvalue weighted by Crippen LogP contribution is 2.54. The number of anilines is 2. The number of nitro benzene ring substituents is 1. The van der Waals surface area contributed by atoms with Gasteiger partial charge in [-0.2, -0.15) is 0 Å². The van der Waals surface area contributed by atoms with Crippen LogP contribution in [0.2, 0.25) is 0 Å². The van der Waals surface area contributed by atoms with Gasteiger partial charge in [-0.3, -0.25) is 19.8 Å². The fourth-order valence-corrected chi connectivity index (χ4v) is 9.74. The smallest absolute Gasteiger partial charge is 0.293 e. The van der Waals surface area contributed by atoms with Crippen LogP contribution < -0.4 is 19.7 Å². The summed E-state index contributed by atoms with van der Waals surface area (Å²) < 4.78 is 40.0. The van der Waals surface area contributed by atoms with Crippen LogP contribution in [-0.2, 0) is 14.8 Å². The van der Waals surface area contributed by atoms with E-state index in [1.54, 1.807) is 12.1 Å². The number of amides is 1. The van der Waals surface area contributed by atoms with E-state index in [1.165, 1.54) is 43.4 Å². The Morgan fingerprint density at radius 3 is 2.39 bits per heavy atom. The van der Waals surface area contributed by atoms with E-state index in [-0.39, 0.29) is 40.3 Å². The summed E-state index contributed by atoms with van der Waals surface area (Å²) in [5, 5.41) is 14.9. The molecule has 3 aromatic rings. The summed E-state index contributed by atoms with van der Waals surface area (Å²) in [6, 6.07) is 20.2. The third-order valence-corrected chi connectivity index (χ3v) is 13.0. The van der Waals surface area contributed by atoms with Crippen molar-refractivity contribution in [2.45, 2.75) is 88.3 Å². The second-order valence-corrected chi connectivity index (χ2v) is 17.2. The molecular weight excluding hydrogens is 730 g/mol. The number of ether oxygens (including phenoxy) is 2. The number of nitrogens with zero attached hydrogens (tertiary/aromatic N) is 3. The van der Waals surface area contributed by atoms with E-state index >= 15 is 0 Å². The number of para-hydroxylation sites is 1. The topological polar surface area (TPSA) is 143 Å². The molecule has 54 heavy (non-hydrogen) atoms. The Labute approximate surface area is 324 Å². The van der Waals surface area contributed by atoms with Gasteiger partial charge in [-0.05, 0) is 126 Å². The molecule has 292 valence electrons. The average Bonchev–Trinajstić information content (AvgIpc) is 3.62. The summed E-state index contributed by atoms with van der Waals surface area (Å²) in [7, 11) is -4.36. The van der Waals surface area contributed by atoms with E-state index in [4.69, 9.17) is 9.47 Å². The third-order valence-electron chi connectivity index (χ3n) is 11.7. The van der Waals surface area contributed by atoms with Gasteiger partial charge in [-0.1, -0.05) is 18.2 Å². The SMILES string of the molecule is CC(C)Oc1ccccc1[C@@H]1CCCN1C1CC2(CCN(c3ccc(C(=O)NS(=O)(=O)c4ccc(NCC5CCOCC5)c([N+](=O)[O-])c4)cc3)CC2)C1.Cl. The zero-order valence-corrected chi connectivity index (χ0v) is 32.7. The Morgan fingerprint density at radius 2 is 1.70 bits per heavy atom. The molecule has 0 radical (unpaired) electrons. The van der Waals surface area contributed by atoms with Gasteiger partial charge in [0.15, 0.2) is 0 Å². The largest absolute Gasteiger partial charge is 0.491 e. The summed E-state index contributed by atoms with van der Waals surface area (Å²) in [6.45, 7) is 8.98. The van der Waals surface area contributed by atoms with Gasteiger partial charge >= 0.3 is 0 Å². The molecule has 4 aliphatic rings. The molecule has 12 nitrogen and oxygen atoms in total. The molecule has 4 fully saturated rings. The van der Waals surface area contributed by atoms with Crippen molar-refractivity contribution in [1.82, 2.24) is 9.62 Å². The normalized spacial score (nSPS) is 20.6. The summed E-state index contributed by atoms with van der Waals surface area (Å²) in [4.78, 5) is 29.0. The van der Waals surface area contributed by atoms with Crippen molar-refractivity contribution < 1.29 is 27.6 Å². The van der Waals surface area contributed by atoms with Crippen molar-refractivity contribution in [1.29, 1.82) is 0 Å². The summed E-state index contributed by atoms with van der Waals surface area (Å²) in [5.74, 6) is 0.531. The van der Waals surface area contributed by atoms with Gasteiger partial charge in [-0.25, -0.2) is 13.1 Å². The number of piperidine rings is 1. The minimum absolute atomic E-state index is 0. The molecule has 1 saturated carbocycles. The molecule has 3 aliphatic heterocycles. The highest BCUT2D eigenvalue weighted by Gasteiger charge is 2.50. The number of carbonyl (C=O) groups excluding carboxylic acids is 1. The van der Waals surface area contributed by atoms with Crippen molar-refractivity contribution in [3.8, 4) is 5.75 Å². The Kier molecular flexibility index (Phi) is 12.4. The fourth-order valence-electron chi connectivity index (χ4n) is 8.75. The molecule has 1 atom stereocenters. The van der Waals surface area contributed by atoms with Gasteiger partial charge in [0.1, 0.15) is 11.4 Å². The van der Waals surface area contributed by atoms with Gasteiger partial charge < -0.3 is 19.7 Å². The van der Waals surface area contributed by atoms with Gasteiger partial charge in [0.05, 0.1) is 15.9 Å². The number of nitro groups is 1. The molecular formula is C40H52ClN5O7S. The lowest BCUT2D eigenvalue weighted by Gasteiger charge is -2.56. The van der Waals surface area contributed by atoms with E-state index in [0.717, 1.165) is 62.8 Å². The van der Waals surface area contributed by atoms with Crippen LogP contribution in [-0.4, -0.2) is 75.7 Å². The summed E-state index contributed by atoms with van der Waals surface area (Å²) in [5.41, 5.74) is 2.74. The predicted molar refractivity (Wildman–Crippen MR) is 211 cm³/mol. The highest BCUT2D eigenvalue weighted by molar-refractivity contribution is 7.90. The first-order valence-electron chi connectivity index (χ1n) is 19.0. The first kappa shape index (κ1) is 39.8. The summed E-state index contributed by atoms with van der Waals surface area (Å²) in [6.07, 6.45) is 8.90. The first-order chi connectivity index (χ1) is 25.5. The van der Waals surface area contributed by atoms with Crippen LogP contribution in [0.4, 0.5) is 17.1 Å².